The van der Waals surface area contributed by atoms with Gasteiger partial charge in [-0.05, 0) is 30.1 Å². The number of ketones is 1. The highest BCUT2D eigenvalue weighted by Crippen LogP contribution is 2.48. The summed E-state index contributed by atoms with van der Waals surface area (Å²) >= 11 is 0. The minimum Gasteiger partial charge on any atom is -0.300 e. The SMILES string of the molecule is C=CCC[C@@]1(C)CC(=O)C[C@@H]1C(C)C. The fourth-order valence-corrected chi connectivity index (χ4v) is 2.89. The van der Waals surface area contributed by atoms with E-state index in [0.29, 0.717) is 17.6 Å². The Bertz CT molecular complexity index is 229. The fourth-order valence-electron chi connectivity index (χ4n) is 2.89. The molecule has 2 atom stereocenters. The molecule has 1 heteroatoms. The number of hydrogen-bond acceptors (Lipinski definition) is 1. The van der Waals surface area contributed by atoms with Crippen molar-refractivity contribution in [1.29, 1.82) is 0 Å². The molecule has 0 radical (unpaired) electrons. The first-order chi connectivity index (χ1) is 6.49. The van der Waals surface area contributed by atoms with Crippen LogP contribution >= 0.6 is 0 Å². The van der Waals surface area contributed by atoms with Crippen LogP contribution in [0.25, 0.3) is 0 Å². The first kappa shape index (κ1) is 11.5. The third kappa shape index (κ3) is 2.26. The molecule has 0 heterocycles. The van der Waals surface area contributed by atoms with Crippen molar-refractivity contribution in [3.05, 3.63) is 12.7 Å². The molecule has 0 saturated heterocycles. The van der Waals surface area contributed by atoms with Crippen LogP contribution in [-0.2, 0) is 4.79 Å². The molecule has 0 unspecified atom stereocenters. The lowest BCUT2D eigenvalue weighted by atomic mass is 9.71. The van der Waals surface area contributed by atoms with Crippen molar-refractivity contribution >= 4 is 5.78 Å². The topological polar surface area (TPSA) is 17.1 Å². The maximum atomic E-state index is 11.5. The molecule has 0 N–H and O–H groups in total. The predicted octanol–water partition coefficient (Wildman–Crippen LogP) is 3.59. The lowest BCUT2D eigenvalue weighted by molar-refractivity contribution is -0.118. The third-order valence-corrected chi connectivity index (χ3v) is 3.67. The minimum absolute atomic E-state index is 0.236. The van der Waals surface area contributed by atoms with Crippen LogP contribution in [0.4, 0.5) is 0 Å². The summed E-state index contributed by atoms with van der Waals surface area (Å²) in [6.07, 6.45) is 5.69. The standard InChI is InChI=1S/C13H22O/c1-5-6-7-13(4)9-11(14)8-12(13)10(2)3/h5,10,12H,1,6-9H2,2-4H3/t12-,13+/m1/s1. The highest BCUT2D eigenvalue weighted by Gasteiger charge is 2.43. The van der Waals surface area contributed by atoms with Gasteiger partial charge in [0.15, 0.2) is 0 Å². The average molecular weight is 194 g/mol. The highest BCUT2D eigenvalue weighted by atomic mass is 16.1. The molecule has 0 bridgehead atoms. The summed E-state index contributed by atoms with van der Waals surface area (Å²) in [6.45, 7) is 10.5. The molecule has 1 fully saturated rings. The zero-order valence-corrected chi connectivity index (χ0v) is 9.68. The first-order valence-electron chi connectivity index (χ1n) is 5.62. The third-order valence-electron chi connectivity index (χ3n) is 3.67. The largest absolute Gasteiger partial charge is 0.300 e. The van der Waals surface area contributed by atoms with Gasteiger partial charge < -0.3 is 0 Å². The molecule has 1 nitrogen and oxygen atoms in total. The maximum absolute atomic E-state index is 11.5. The molecule has 0 aromatic heterocycles. The van der Waals surface area contributed by atoms with Crippen LogP contribution in [0, 0.1) is 17.3 Å². The molecule has 0 spiro atoms. The van der Waals surface area contributed by atoms with Crippen molar-refractivity contribution in [2.45, 2.75) is 46.5 Å². The molecule has 1 saturated carbocycles. The van der Waals surface area contributed by atoms with Crippen molar-refractivity contribution < 1.29 is 4.79 Å². The van der Waals surface area contributed by atoms with Gasteiger partial charge in [-0.2, -0.15) is 0 Å². The van der Waals surface area contributed by atoms with E-state index in [1.54, 1.807) is 0 Å². The monoisotopic (exact) mass is 194 g/mol. The summed E-state index contributed by atoms with van der Waals surface area (Å²) in [5.74, 6) is 1.65. The lowest BCUT2D eigenvalue weighted by Crippen LogP contribution is -2.25. The molecule has 1 aliphatic carbocycles. The van der Waals surface area contributed by atoms with Crippen molar-refractivity contribution in [3.63, 3.8) is 0 Å². The van der Waals surface area contributed by atoms with E-state index in [2.05, 4.69) is 27.4 Å². The lowest BCUT2D eigenvalue weighted by Gasteiger charge is -2.33. The Morgan fingerprint density at radius 1 is 1.64 bits per heavy atom. The van der Waals surface area contributed by atoms with E-state index in [1.165, 1.54) is 0 Å². The van der Waals surface area contributed by atoms with Gasteiger partial charge in [0.2, 0.25) is 0 Å². The van der Waals surface area contributed by atoms with E-state index in [4.69, 9.17) is 0 Å². The van der Waals surface area contributed by atoms with E-state index in [-0.39, 0.29) is 5.41 Å². The van der Waals surface area contributed by atoms with Gasteiger partial charge in [0, 0.05) is 12.8 Å². The van der Waals surface area contributed by atoms with Gasteiger partial charge >= 0.3 is 0 Å². The summed E-state index contributed by atoms with van der Waals surface area (Å²) in [5, 5.41) is 0. The summed E-state index contributed by atoms with van der Waals surface area (Å²) in [4.78, 5) is 11.5. The Morgan fingerprint density at radius 2 is 2.29 bits per heavy atom. The van der Waals surface area contributed by atoms with Crippen LogP contribution in [0.3, 0.4) is 0 Å². The van der Waals surface area contributed by atoms with Crippen molar-refractivity contribution in [2.75, 3.05) is 0 Å². The predicted molar refractivity (Wildman–Crippen MR) is 60.1 cm³/mol. The maximum Gasteiger partial charge on any atom is 0.133 e. The molecule has 0 aromatic rings. The van der Waals surface area contributed by atoms with Gasteiger partial charge in [-0.25, -0.2) is 0 Å². The van der Waals surface area contributed by atoms with Crippen LogP contribution in [0.1, 0.15) is 46.5 Å². The Morgan fingerprint density at radius 3 is 2.79 bits per heavy atom. The molecular weight excluding hydrogens is 172 g/mol. The van der Waals surface area contributed by atoms with Gasteiger partial charge in [-0.3, -0.25) is 4.79 Å². The van der Waals surface area contributed by atoms with E-state index in [1.807, 2.05) is 6.08 Å². The summed E-state index contributed by atoms with van der Waals surface area (Å²) < 4.78 is 0. The van der Waals surface area contributed by atoms with Gasteiger partial charge in [0.25, 0.3) is 0 Å². The quantitative estimate of drug-likeness (QED) is 0.625. The smallest absolute Gasteiger partial charge is 0.133 e. The van der Waals surface area contributed by atoms with Gasteiger partial charge in [0.05, 0.1) is 0 Å². The molecule has 1 aliphatic rings. The van der Waals surface area contributed by atoms with Crippen molar-refractivity contribution in [1.82, 2.24) is 0 Å². The Balaban J connectivity index is 2.72. The molecule has 0 amide bonds. The summed E-state index contributed by atoms with van der Waals surface area (Å²) in [7, 11) is 0. The van der Waals surface area contributed by atoms with Crippen LogP contribution in [0.2, 0.25) is 0 Å². The van der Waals surface area contributed by atoms with E-state index in [0.717, 1.165) is 25.7 Å². The van der Waals surface area contributed by atoms with E-state index < -0.39 is 0 Å². The van der Waals surface area contributed by atoms with Crippen LogP contribution in [0.15, 0.2) is 12.7 Å². The number of rotatable bonds is 4. The molecule has 0 aromatic carbocycles. The van der Waals surface area contributed by atoms with E-state index >= 15 is 0 Å². The molecule has 0 aliphatic heterocycles. The Kier molecular flexibility index (Phi) is 3.52. The number of carbonyl (C=O) groups excluding carboxylic acids is 1. The molecule has 80 valence electrons. The van der Waals surface area contributed by atoms with E-state index in [9.17, 15) is 4.79 Å². The Hall–Kier alpha value is -0.590. The summed E-state index contributed by atoms with van der Waals surface area (Å²) in [5.41, 5.74) is 0.236. The Labute approximate surface area is 87.6 Å². The number of carbonyl (C=O) groups is 1. The average Bonchev–Trinajstić information content (AvgIpc) is 2.39. The van der Waals surface area contributed by atoms with Crippen molar-refractivity contribution in [2.24, 2.45) is 17.3 Å². The molecular formula is C13H22O. The first-order valence-corrected chi connectivity index (χ1v) is 5.62. The zero-order valence-electron chi connectivity index (χ0n) is 9.68. The number of Topliss-reactive ketones (excluding diaryl/α,β-unsaturated/α-hetero) is 1. The highest BCUT2D eigenvalue weighted by molar-refractivity contribution is 5.82. The second-order valence-corrected chi connectivity index (χ2v) is 5.25. The summed E-state index contributed by atoms with van der Waals surface area (Å²) in [6, 6.07) is 0. The second kappa shape index (κ2) is 4.29. The van der Waals surface area contributed by atoms with Crippen LogP contribution in [0.5, 0.6) is 0 Å². The molecule has 1 rings (SSSR count). The zero-order chi connectivity index (χ0) is 10.8. The van der Waals surface area contributed by atoms with Gasteiger partial charge in [0.1, 0.15) is 5.78 Å². The van der Waals surface area contributed by atoms with Gasteiger partial charge in [-0.15, -0.1) is 6.58 Å². The van der Waals surface area contributed by atoms with Crippen LogP contribution < -0.4 is 0 Å². The number of hydrogen-bond donors (Lipinski definition) is 0. The number of allylic oxidation sites excluding steroid dienone is 1. The minimum atomic E-state index is 0.236. The normalized spacial score (nSPS) is 32.6. The molecule has 14 heavy (non-hydrogen) atoms. The van der Waals surface area contributed by atoms with Crippen molar-refractivity contribution in [3.8, 4) is 0 Å². The second-order valence-electron chi connectivity index (χ2n) is 5.25. The van der Waals surface area contributed by atoms with Crippen LogP contribution in [-0.4, -0.2) is 5.78 Å². The van der Waals surface area contributed by atoms with Gasteiger partial charge in [-0.1, -0.05) is 26.8 Å². The fraction of sp³-hybridized carbons (Fsp3) is 0.769.